The number of aromatic nitrogens is 1. The first kappa shape index (κ1) is 23.4. The van der Waals surface area contributed by atoms with Crippen LogP contribution in [0.15, 0.2) is 70.6 Å². The molecule has 3 aromatic rings. The van der Waals surface area contributed by atoms with E-state index in [1.807, 2.05) is 48.8 Å². The van der Waals surface area contributed by atoms with Crippen molar-refractivity contribution in [1.82, 2.24) is 4.98 Å². The minimum absolute atomic E-state index is 0.0645. The number of aryl methyl sites for hydroxylation is 1. The molecular formula is C23H25Cl2FeN3. The van der Waals surface area contributed by atoms with Crippen LogP contribution in [0.3, 0.4) is 0 Å². The van der Waals surface area contributed by atoms with Crippen molar-refractivity contribution in [2.24, 2.45) is 9.98 Å². The van der Waals surface area contributed by atoms with Crippen LogP contribution < -0.4 is 0 Å². The van der Waals surface area contributed by atoms with Crippen LogP contribution in [0.5, 0.6) is 0 Å². The van der Waals surface area contributed by atoms with Gasteiger partial charge in [-0.25, -0.2) is 0 Å². The van der Waals surface area contributed by atoms with Crippen LogP contribution in [-0.2, 0) is 18.5 Å². The maximum absolute atomic E-state index is 4.76. The zero-order valence-corrected chi connectivity index (χ0v) is 19.5. The summed E-state index contributed by atoms with van der Waals surface area (Å²) in [6.07, 6.45) is 3.72. The first-order valence-electron chi connectivity index (χ1n) is 9.12. The normalized spacial score (nSPS) is 11.8. The number of hydrogen-bond acceptors (Lipinski definition) is 2. The molecular weight excluding hydrogens is 445 g/mol. The van der Waals surface area contributed by atoms with Crippen molar-refractivity contribution in [1.29, 1.82) is 0 Å². The zero-order chi connectivity index (χ0) is 21.3. The second-order valence-corrected chi connectivity index (χ2v) is 9.31. The average molecular weight is 470 g/mol. The molecule has 1 aromatic heterocycles. The standard InChI is InChI=1S/C23H25N3.2ClH.Fe/c1-17-9-5-7-11-21(17)24-15-18-13-14-19(26-18)16-25-22-12-8-6-10-20(22)23(2,3)4;;;/h5-16,26H,1-4H3;2*1H;/q;;;+2/p-2. The van der Waals surface area contributed by atoms with E-state index in [1.54, 1.807) is 0 Å². The monoisotopic (exact) mass is 469 g/mol. The van der Waals surface area contributed by atoms with E-state index >= 15 is 0 Å². The van der Waals surface area contributed by atoms with E-state index in [-0.39, 0.29) is 18.5 Å². The summed E-state index contributed by atoms with van der Waals surface area (Å²) < 4.78 is 0. The van der Waals surface area contributed by atoms with E-state index in [0.717, 1.165) is 28.3 Å². The van der Waals surface area contributed by atoms with E-state index in [0.29, 0.717) is 0 Å². The third kappa shape index (κ3) is 7.49. The second kappa shape index (κ2) is 11.4. The van der Waals surface area contributed by atoms with Crippen molar-refractivity contribution in [2.45, 2.75) is 33.1 Å². The molecule has 0 unspecified atom stereocenters. The summed E-state index contributed by atoms with van der Waals surface area (Å²) in [7, 11) is 9.53. The van der Waals surface area contributed by atoms with Gasteiger partial charge < -0.3 is 4.98 Å². The number of hydrogen-bond donors (Lipinski definition) is 1. The number of rotatable bonds is 4. The first-order chi connectivity index (χ1) is 13.8. The Bertz CT molecular complexity index is 972. The molecule has 3 rings (SSSR count). The van der Waals surface area contributed by atoms with Gasteiger partial charge in [-0.1, -0.05) is 57.2 Å². The van der Waals surface area contributed by atoms with Gasteiger partial charge in [0.15, 0.2) is 0 Å². The summed E-state index contributed by atoms with van der Waals surface area (Å²) in [4.78, 5) is 12.6. The van der Waals surface area contributed by atoms with Crippen LogP contribution >= 0.6 is 20.2 Å². The molecule has 6 heteroatoms. The molecule has 0 radical (unpaired) electrons. The Morgan fingerprint density at radius 3 is 1.83 bits per heavy atom. The minimum atomic E-state index is 0.0645. The van der Waals surface area contributed by atoms with Gasteiger partial charge in [0.2, 0.25) is 0 Å². The molecule has 0 atom stereocenters. The van der Waals surface area contributed by atoms with E-state index in [9.17, 15) is 0 Å². The molecule has 2 aromatic carbocycles. The van der Waals surface area contributed by atoms with Gasteiger partial charge in [-0.3, -0.25) is 9.98 Å². The molecule has 154 valence electrons. The molecule has 0 saturated heterocycles. The quantitative estimate of drug-likeness (QED) is 0.303. The van der Waals surface area contributed by atoms with Gasteiger partial charge in [0.1, 0.15) is 0 Å². The Morgan fingerprint density at radius 1 is 0.793 bits per heavy atom. The van der Waals surface area contributed by atoms with Crippen molar-refractivity contribution in [2.75, 3.05) is 0 Å². The number of nitrogens with zero attached hydrogens (tertiary/aromatic N) is 2. The Labute approximate surface area is 187 Å². The fourth-order valence-electron chi connectivity index (χ4n) is 2.79. The van der Waals surface area contributed by atoms with Gasteiger partial charge in [-0.2, -0.15) is 0 Å². The van der Waals surface area contributed by atoms with E-state index in [4.69, 9.17) is 20.2 Å². The molecule has 0 amide bonds. The van der Waals surface area contributed by atoms with Crippen molar-refractivity contribution in [3.63, 3.8) is 0 Å². The van der Waals surface area contributed by atoms with Crippen LogP contribution in [0.25, 0.3) is 0 Å². The van der Waals surface area contributed by atoms with Gasteiger partial charge in [-0.05, 0) is 47.7 Å². The maximum atomic E-state index is 4.76. The van der Waals surface area contributed by atoms with Crippen LogP contribution in [0.4, 0.5) is 11.4 Å². The van der Waals surface area contributed by atoms with Gasteiger partial charge in [0, 0.05) is 0 Å². The van der Waals surface area contributed by atoms with Crippen LogP contribution in [-0.4, -0.2) is 17.4 Å². The Hall–Kier alpha value is -1.84. The number of aliphatic imine (C=N–C) groups is 2. The number of aromatic amines is 1. The summed E-state index contributed by atoms with van der Waals surface area (Å²) in [6.45, 7) is 8.68. The fraction of sp³-hybridized carbons (Fsp3) is 0.217. The number of halogens is 2. The van der Waals surface area contributed by atoms with Crippen LogP contribution in [0.2, 0.25) is 0 Å². The second-order valence-electron chi connectivity index (χ2n) is 7.49. The molecule has 0 aliphatic carbocycles. The Kier molecular flexibility index (Phi) is 9.19. The Balaban J connectivity index is 0.000000941. The van der Waals surface area contributed by atoms with Crippen molar-refractivity contribution < 1.29 is 13.1 Å². The van der Waals surface area contributed by atoms with Crippen LogP contribution in [0, 0.1) is 6.92 Å². The predicted molar refractivity (Wildman–Crippen MR) is 123 cm³/mol. The molecule has 1 N–H and O–H groups in total. The summed E-state index contributed by atoms with van der Waals surface area (Å²) in [5, 5.41) is 0. The molecule has 3 nitrogen and oxygen atoms in total. The summed E-state index contributed by atoms with van der Waals surface area (Å²) in [5.74, 6) is 0. The molecule has 0 aliphatic rings. The number of H-pyrrole nitrogens is 1. The molecule has 29 heavy (non-hydrogen) atoms. The fourth-order valence-corrected chi connectivity index (χ4v) is 2.79. The zero-order valence-electron chi connectivity index (χ0n) is 16.9. The topological polar surface area (TPSA) is 40.5 Å². The molecule has 0 saturated carbocycles. The first-order valence-corrected chi connectivity index (χ1v) is 12.2. The third-order valence-electron chi connectivity index (χ3n) is 4.24. The number of benzene rings is 2. The van der Waals surface area contributed by atoms with Gasteiger partial charge in [0.05, 0.1) is 35.2 Å². The Morgan fingerprint density at radius 2 is 1.28 bits per heavy atom. The third-order valence-corrected chi connectivity index (χ3v) is 4.24. The summed E-state index contributed by atoms with van der Waals surface area (Å²) in [6, 6.07) is 20.4. The van der Waals surface area contributed by atoms with Gasteiger partial charge in [-0.15, -0.1) is 0 Å². The summed E-state index contributed by atoms with van der Waals surface area (Å²) >= 11 is 0.194. The van der Waals surface area contributed by atoms with Crippen molar-refractivity contribution >= 4 is 44.0 Å². The molecule has 0 bridgehead atoms. The SMILES string of the molecule is Cc1ccccc1N=Cc1ccc(C=Nc2ccccc2C(C)(C)C)[nH]1.[Cl][Fe][Cl]. The molecule has 0 aliphatic heterocycles. The predicted octanol–water partition coefficient (Wildman–Crippen LogP) is 7.50. The molecule has 1 heterocycles. The van der Waals surface area contributed by atoms with Crippen molar-refractivity contribution in [3.8, 4) is 0 Å². The van der Waals surface area contributed by atoms with E-state index in [2.05, 4.69) is 66.9 Å². The van der Waals surface area contributed by atoms with Gasteiger partial charge in [0.25, 0.3) is 0 Å². The van der Waals surface area contributed by atoms with E-state index < -0.39 is 0 Å². The molecule has 0 fully saturated rings. The van der Waals surface area contributed by atoms with Crippen molar-refractivity contribution in [3.05, 3.63) is 83.2 Å². The van der Waals surface area contributed by atoms with Crippen LogP contribution in [0.1, 0.15) is 43.3 Å². The average Bonchev–Trinajstić information content (AvgIpc) is 3.14. The summed E-state index contributed by atoms with van der Waals surface area (Å²) in [5.41, 5.74) is 6.37. The number of para-hydroxylation sites is 2. The molecule has 0 spiro atoms. The van der Waals surface area contributed by atoms with E-state index in [1.165, 1.54) is 5.56 Å². The van der Waals surface area contributed by atoms with Gasteiger partial charge >= 0.3 is 33.3 Å². The number of nitrogens with one attached hydrogen (secondary N) is 1.